The number of benzene rings is 1. The van der Waals surface area contributed by atoms with Gasteiger partial charge in [0.2, 0.25) is 0 Å². The fraction of sp³-hybridized carbons (Fsp3) is 0.500. The van der Waals surface area contributed by atoms with E-state index in [4.69, 9.17) is 9.84 Å². The van der Waals surface area contributed by atoms with Gasteiger partial charge in [0.25, 0.3) is 0 Å². The molecule has 0 saturated heterocycles. The molecule has 0 heterocycles. The lowest BCUT2D eigenvalue weighted by Crippen LogP contribution is -2.26. The van der Waals surface area contributed by atoms with Gasteiger partial charge >= 0.3 is 0 Å². The quantitative estimate of drug-likeness (QED) is 0.794. The molecule has 2 N–H and O–H groups in total. The monoisotopic (exact) mass is 210 g/mol. The lowest BCUT2D eigenvalue weighted by atomic mass is 10.1. The van der Waals surface area contributed by atoms with Gasteiger partial charge in [-0.05, 0) is 26.3 Å². The average molecular weight is 210 g/mol. The Morgan fingerprint density at radius 1 is 1.33 bits per heavy atom. The lowest BCUT2D eigenvalue weighted by Gasteiger charge is -2.20. The number of hydrogen-bond donors (Lipinski definition) is 2. The Hall–Kier alpha value is -1.06. The molecule has 0 aliphatic heterocycles. The van der Waals surface area contributed by atoms with E-state index < -0.39 is 6.10 Å². The fourth-order valence-corrected chi connectivity index (χ4v) is 1.29. The molecule has 0 aliphatic carbocycles. The highest BCUT2D eigenvalue weighted by molar-refractivity contribution is 5.40. The first-order valence-electron chi connectivity index (χ1n) is 5.10. The van der Waals surface area contributed by atoms with Crippen LogP contribution in [-0.4, -0.2) is 22.4 Å². The maximum absolute atomic E-state index is 9.35. The van der Waals surface area contributed by atoms with Crippen molar-refractivity contribution in [3.8, 4) is 5.75 Å². The Labute approximate surface area is 90.3 Å². The maximum Gasteiger partial charge on any atom is 0.128 e. The SMILES string of the molecule is Cc1cccc(CO)c1OC(C)C(C)O. The molecule has 2 unspecified atom stereocenters. The maximum atomic E-state index is 9.35. The molecule has 0 aromatic heterocycles. The van der Waals surface area contributed by atoms with E-state index in [1.165, 1.54) is 0 Å². The topological polar surface area (TPSA) is 49.7 Å². The Morgan fingerprint density at radius 3 is 2.53 bits per heavy atom. The predicted octanol–water partition coefficient (Wildman–Crippen LogP) is 1.64. The molecule has 2 atom stereocenters. The van der Waals surface area contributed by atoms with Gasteiger partial charge in [-0.1, -0.05) is 18.2 Å². The molecule has 84 valence electrons. The summed E-state index contributed by atoms with van der Waals surface area (Å²) in [6.45, 7) is 5.35. The summed E-state index contributed by atoms with van der Waals surface area (Å²) in [5.41, 5.74) is 1.72. The molecule has 0 saturated carbocycles. The van der Waals surface area contributed by atoms with Gasteiger partial charge in [0.1, 0.15) is 11.9 Å². The Balaban J connectivity index is 2.92. The Bertz CT molecular complexity index is 321. The molecule has 1 aromatic rings. The number of aliphatic hydroxyl groups excluding tert-OH is 2. The van der Waals surface area contributed by atoms with Gasteiger partial charge in [-0.2, -0.15) is 0 Å². The molecule has 0 radical (unpaired) electrons. The zero-order valence-electron chi connectivity index (χ0n) is 9.40. The van der Waals surface area contributed by atoms with Gasteiger partial charge in [-0.15, -0.1) is 0 Å². The van der Waals surface area contributed by atoms with Crippen LogP contribution in [0.5, 0.6) is 5.75 Å². The van der Waals surface area contributed by atoms with Gasteiger partial charge in [0.05, 0.1) is 12.7 Å². The predicted molar refractivity (Wildman–Crippen MR) is 58.9 cm³/mol. The van der Waals surface area contributed by atoms with E-state index >= 15 is 0 Å². The summed E-state index contributed by atoms with van der Waals surface area (Å²) in [5, 5.41) is 18.5. The second kappa shape index (κ2) is 5.14. The van der Waals surface area contributed by atoms with Crippen LogP contribution in [0.4, 0.5) is 0 Å². The van der Waals surface area contributed by atoms with Crippen molar-refractivity contribution in [3.05, 3.63) is 29.3 Å². The van der Waals surface area contributed by atoms with Crippen molar-refractivity contribution in [3.63, 3.8) is 0 Å². The van der Waals surface area contributed by atoms with Crippen LogP contribution in [0.3, 0.4) is 0 Å². The van der Waals surface area contributed by atoms with E-state index in [1.807, 2.05) is 25.1 Å². The van der Waals surface area contributed by atoms with Crippen LogP contribution in [0.2, 0.25) is 0 Å². The third kappa shape index (κ3) is 2.94. The minimum Gasteiger partial charge on any atom is -0.487 e. The summed E-state index contributed by atoms with van der Waals surface area (Å²) in [7, 11) is 0. The van der Waals surface area contributed by atoms with Crippen LogP contribution in [0, 0.1) is 6.92 Å². The molecule has 1 rings (SSSR count). The number of hydrogen-bond acceptors (Lipinski definition) is 3. The standard InChI is InChI=1S/C12H18O3/c1-8-5-4-6-11(7-13)12(8)15-10(3)9(2)14/h4-6,9-10,13-14H,7H2,1-3H3. The van der Waals surface area contributed by atoms with Crippen LogP contribution in [0.25, 0.3) is 0 Å². The van der Waals surface area contributed by atoms with Crippen molar-refractivity contribution in [1.82, 2.24) is 0 Å². The van der Waals surface area contributed by atoms with E-state index in [9.17, 15) is 5.11 Å². The number of para-hydroxylation sites is 1. The smallest absolute Gasteiger partial charge is 0.128 e. The van der Waals surface area contributed by atoms with Crippen LogP contribution in [0.1, 0.15) is 25.0 Å². The van der Waals surface area contributed by atoms with Crippen molar-refractivity contribution in [1.29, 1.82) is 0 Å². The molecule has 0 fully saturated rings. The van der Waals surface area contributed by atoms with E-state index in [0.717, 1.165) is 11.1 Å². The van der Waals surface area contributed by atoms with Gasteiger partial charge in [-0.3, -0.25) is 0 Å². The fourth-order valence-electron chi connectivity index (χ4n) is 1.29. The minimum absolute atomic E-state index is 0.0520. The number of rotatable bonds is 4. The zero-order valence-corrected chi connectivity index (χ0v) is 9.40. The van der Waals surface area contributed by atoms with Gasteiger partial charge in [0, 0.05) is 5.56 Å². The van der Waals surface area contributed by atoms with Crippen LogP contribution >= 0.6 is 0 Å². The highest BCUT2D eigenvalue weighted by atomic mass is 16.5. The molecule has 15 heavy (non-hydrogen) atoms. The van der Waals surface area contributed by atoms with Crippen molar-refractivity contribution < 1.29 is 14.9 Å². The van der Waals surface area contributed by atoms with Crippen molar-refractivity contribution in [2.24, 2.45) is 0 Å². The van der Waals surface area contributed by atoms with Crippen LogP contribution < -0.4 is 4.74 Å². The van der Waals surface area contributed by atoms with Crippen LogP contribution in [-0.2, 0) is 6.61 Å². The molecule has 3 nitrogen and oxygen atoms in total. The third-order valence-corrected chi connectivity index (χ3v) is 2.45. The first-order valence-corrected chi connectivity index (χ1v) is 5.10. The summed E-state index contributed by atoms with van der Waals surface area (Å²) in [5.74, 6) is 0.674. The average Bonchev–Trinajstić information content (AvgIpc) is 2.20. The minimum atomic E-state index is -0.531. The largest absolute Gasteiger partial charge is 0.487 e. The Kier molecular flexibility index (Phi) is 4.12. The van der Waals surface area contributed by atoms with E-state index in [2.05, 4.69) is 0 Å². The highest BCUT2D eigenvalue weighted by Gasteiger charge is 2.14. The second-order valence-electron chi connectivity index (χ2n) is 3.78. The summed E-state index contributed by atoms with van der Waals surface area (Å²) < 4.78 is 5.62. The molecule has 0 spiro atoms. The summed E-state index contributed by atoms with van der Waals surface area (Å²) >= 11 is 0. The van der Waals surface area contributed by atoms with Crippen molar-refractivity contribution >= 4 is 0 Å². The lowest BCUT2D eigenvalue weighted by molar-refractivity contribution is 0.0584. The Morgan fingerprint density at radius 2 is 2.00 bits per heavy atom. The molecule has 3 heteroatoms. The van der Waals surface area contributed by atoms with Gasteiger partial charge in [0.15, 0.2) is 0 Å². The number of ether oxygens (including phenoxy) is 1. The summed E-state index contributed by atoms with van der Waals surface area (Å²) in [4.78, 5) is 0. The molecule has 0 bridgehead atoms. The van der Waals surface area contributed by atoms with E-state index in [0.29, 0.717) is 5.75 Å². The van der Waals surface area contributed by atoms with E-state index in [-0.39, 0.29) is 12.7 Å². The van der Waals surface area contributed by atoms with Crippen molar-refractivity contribution in [2.75, 3.05) is 0 Å². The summed E-state index contributed by atoms with van der Waals surface area (Å²) in [6, 6.07) is 5.61. The molecule has 0 amide bonds. The first kappa shape index (κ1) is 12.0. The summed E-state index contributed by atoms with van der Waals surface area (Å²) in [6.07, 6.45) is -0.812. The molecule has 1 aromatic carbocycles. The second-order valence-corrected chi connectivity index (χ2v) is 3.78. The zero-order chi connectivity index (χ0) is 11.4. The number of aliphatic hydroxyl groups is 2. The first-order chi connectivity index (χ1) is 7.06. The normalized spacial score (nSPS) is 14.7. The van der Waals surface area contributed by atoms with Crippen molar-refractivity contribution in [2.45, 2.75) is 39.6 Å². The van der Waals surface area contributed by atoms with Gasteiger partial charge in [-0.25, -0.2) is 0 Å². The molecular formula is C12H18O3. The highest BCUT2D eigenvalue weighted by Crippen LogP contribution is 2.25. The molecule has 0 aliphatic rings. The van der Waals surface area contributed by atoms with E-state index in [1.54, 1.807) is 13.8 Å². The number of aryl methyl sites for hydroxylation is 1. The van der Waals surface area contributed by atoms with Gasteiger partial charge < -0.3 is 14.9 Å². The third-order valence-electron chi connectivity index (χ3n) is 2.45. The molecular weight excluding hydrogens is 192 g/mol. The van der Waals surface area contributed by atoms with Crippen LogP contribution in [0.15, 0.2) is 18.2 Å².